The molecular weight excluding hydrogens is 1260 g/mol. The second kappa shape index (κ2) is 20.9. The summed E-state index contributed by atoms with van der Waals surface area (Å²) in [5, 5.41) is 0. The average Bonchev–Trinajstić information content (AvgIpc) is 1.49. The third-order valence-electron chi connectivity index (χ3n) is 17.9. The fraction of sp³-hybridized carbons (Fsp3) is 0.120. The molecule has 16 heteroatoms. The molecule has 6 aliphatic rings. The second-order valence-corrected chi connectivity index (χ2v) is 27.4. The normalized spacial score (nSPS) is 22.7. The smallest absolute Gasteiger partial charge is 0.194 e. The summed E-state index contributed by atoms with van der Waals surface area (Å²) in [4.78, 5) is 2.63. The molecule has 1 fully saturated rings. The molecule has 452 valence electrons. The van der Waals surface area contributed by atoms with Crippen molar-refractivity contribution >= 4 is 67.2 Å². The first-order chi connectivity index (χ1) is 43.7. The first-order valence-electron chi connectivity index (χ1n) is 28.7. The van der Waals surface area contributed by atoms with Gasteiger partial charge in [0, 0.05) is 62.7 Å². The molecule has 0 amide bonds. The van der Waals surface area contributed by atoms with Crippen molar-refractivity contribution in [3.8, 4) is 20.9 Å². The molecule has 4 heterocycles. The maximum Gasteiger partial charge on any atom is 0.380 e. The van der Waals surface area contributed by atoms with Crippen LogP contribution in [-0.4, -0.2) is 35.5 Å². The highest BCUT2D eigenvalue weighted by Crippen LogP contribution is 2.81. The van der Waals surface area contributed by atoms with Gasteiger partial charge in [0.15, 0.2) is 0 Å². The van der Waals surface area contributed by atoms with Crippen molar-refractivity contribution in [3.05, 3.63) is 343 Å². The largest absolute Gasteiger partial charge is 0.380 e. The van der Waals surface area contributed by atoms with Crippen LogP contribution in [0.1, 0.15) is 54.3 Å². The lowest BCUT2D eigenvalue weighted by Crippen LogP contribution is -2.49. The molecule has 2 unspecified atom stereocenters. The van der Waals surface area contributed by atoms with E-state index in [1.807, 2.05) is 48.5 Å². The van der Waals surface area contributed by atoms with Crippen molar-refractivity contribution in [2.45, 2.75) is 50.4 Å². The van der Waals surface area contributed by atoms with Gasteiger partial charge in [-0.15, -0.1) is 46.2 Å². The zero-order valence-electron chi connectivity index (χ0n) is 47.1. The van der Waals surface area contributed by atoms with Crippen molar-refractivity contribution in [2.75, 3.05) is 0 Å². The third-order valence-corrected chi connectivity index (χ3v) is 23.9. The van der Waals surface area contributed by atoms with E-state index >= 15 is 52.7 Å². The lowest BCUT2D eigenvalue weighted by Gasteiger charge is -2.51. The number of thiophene rings is 2. The Balaban J connectivity index is 0.000000151. The zero-order chi connectivity index (χ0) is 63.1. The monoisotopic (exact) mass is 1300 g/mol. The maximum atomic E-state index is 16.2. The Labute approximate surface area is 531 Å². The number of thioether (sulfide) groups is 2. The number of hydrogen-bond acceptors (Lipinski definition) is 4. The minimum absolute atomic E-state index is 0.225. The number of hydrogen-bond donors (Lipinski definition) is 0. The number of alkyl halides is 12. The molecule has 0 N–H and O–H groups in total. The van der Waals surface area contributed by atoms with Gasteiger partial charge < -0.3 is 0 Å². The summed E-state index contributed by atoms with van der Waals surface area (Å²) in [6.07, 6.45) is 2.88. The Bertz CT molecular complexity index is 4380. The quantitative estimate of drug-likeness (QED) is 0.139. The molecule has 2 aliphatic heterocycles. The molecule has 2 aromatic heterocycles. The Morgan fingerprint density at radius 3 is 0.813 bits per heavy atom. The highest BCUT2D eigenvalue weighted by atomic mass is 32.2. The van der Waals surface area contributed by atoms with Crippen LogP contribution < -0.4 is 0 Å². The molecule has 4 aliphatic carbocycles. The highest BCUT2D eigenvalue weighted by molar-refractivity contribution is 8.13. The summed E-state index contributed by atoms with van der Waals surface area (Å²) in [5.74, 6) is -31.9. The van der Waals surface area contributed by atoms with Crippen LogP contribution in [0.2, 0.25) is 0 Å². The zero-order valence-corrected chi connectivity index (χ0v) is 50.3. The molecular formula is C75H44F12S4. The molecule has 1 saturated carbocycles. The number of fused-ring (bicyclic) bond motifs is 8. The summed E-state index contributed by atoms with van der Waals surface area (Å²) in [5.41, 5.74) is -2.59. The van der Waals surface area contributed by atoms with E-state index in [0.29, 0.717) is 64.1 Å². The molecule has 0 saturated heterocycles. The molecule has 0 spiro atoms. The van der Waals surface area contributed by atoms with Gasteiger partial charge in [-0.25, -0.2) is 0 Å². The lowest BCUT2D eigenvalue weighted by atomic mass is 9.64. The van der Waals surface area contributed by atoms with Crippen molar-refractivity contribution in [3.63, 3.8) is 0 Å². The van der Waals surface area contributed by atoms with Gasteiger partial charge in [-0.3, -0.25) is 0 Å². The molecule has 0 nitrogen and oxygen atoms in total. The maximum absolute atomic E-state index is 16.2. The summed E-state index contributed by atoms with van der Waals surface area (Å²) in [7, 11) is 0. The first-order valence-corrected chi connectivity index (χ1v) is 32.0. The van der Waals surface area contributed by atoms with Crippen LogP contribution in [0.25, 0.3) is 41.8 Å². The van der Waals surface area contributed by atoms with Crippen molar-refractivity contribution in [1.82, 2.24) is 0 Å². The van der Waals surface area contributed by atoms with Crippen LogP contribution in [0.15, 0.2) is 289 Å². The Morgan fingerprint density at radius 1 is 0.264 bits per heavy atom. The average molecular weight is 1300 g/mol. The Morgan fingerprint density at radius 2 is 0.516 bits per heavy atom. The fourth-order valence-corrected chi connectivity index (χ4v) is 20.3. The number of halogens is 12. The van der Waals surface area contributed by atoms with Gasteiger partial charge in [-0.2, -0.15) is 52.7 Å². The number of rotatable bonds is 8. The van der Waals surface area contributed by atoms with Crippen LogP contribution in [0, 0.1) is 0 Å². The second-order valence-electron chi connectivity index (χ2n) is 22.7. The number of allylic oxidation sites excluding steroid dienone is 6. The van der Waals surface area contributed by atoms with Gasteiger partial charge >= 0.3 is 35.5 Å². The SMILES string of the molecule is FC1(F)C2=C(c3cc(-c4ccccc4)sc3C(c3ccccc3)(c3ccccc3)c3sc(-c4ccccc4)cc32)C(F)(F)C1(F)F.FC1(F)C2=C3C=C(c4ccccc4)SC3(c3ccccc3)C3(c4ccccc4)SC(c4ccccc4)=CC3=C2C(F)(F)C1(F)F. The van der Waals surface area contributed by atoms with Crippen molar-refractivity contribution in [2.24, 2.45) is 0 Å². The van der Waals surface area contributed by atoms with Gasteiger partial charge in [-0.05, 0) is 79.9 Å². The molecule has 10 aromatic rings. The molecule has 2 atom stereocenters. The van der Waals surface area contributed by atoms with Crippen molar-refractivity contribution < 1.29 is 52.7 Å². The van der Waals surface area contributed by atoms with E-state index in [2.05, 4.69) is 0 Å². The summed E-state index contributed by atoms with van der Waals surface area (Å²) >= 11 is 4.85. The van der Waals surface area contributed by atoms with Crippen LogP contribution in [0.5, 0.6) is 0 Å². The minimum atomic E-state index is -5.65. The van der Waals surface area contributed by atoms with Gasteiger partial charge in [0.2, 0.25) is 0 Å². The molecule has 16 rings (SSSR count). The van der Waals surface area contributed by atoms with E-state index in [-0.39, 0.29) is 32.0 Å². The van der Waals surface area contributed by atoms with Crippen LogP contribution in [0.3, 0.4) is 0 Å². The van der Waals surface area contributed by atoms with Gasteiger partial charge in [-0.1, -0.05) is 243 Å². The summed E-state index contributed by atoms with van der Waals surface area (Å²) in [6.45, 7) is 0. The van der Waals surface area contributed by atoms with E-state index in [0.717, 1.165) is 0 Å². The Kier molecular flexibility index (Phi) is 13.5. The predicted molar refractivity (Wildman–Crippen MR) is 342 cm³/mol. The number of benzene rings is 8. The summed E-state index contributed by atoms with van der Waals surface area (Å²) in [6, 6.07) is 74.5. The van der Waals surface area contributed by atoms with E-state index in [4.69, 9.17) is 0 Å². The molecule has 0 radical (unpaired) electrons. The fourth-order valence-electron chi connectivity index (χ4n) is 13.9. The molecule has 8 aromatic carbocycles. The summed E-state index contributed by atoms with van der Waals surface area (Å²) < 4.78 is 189. The van der Waals surface area contributed by atoms with Gasteiger partial charge in [0.1, 0.15) is 0 Å². The van der Waals surface area contributed by atoms with Crippen LogP contribution in [-0.2, 0) is 14.9 Å². The van der Waals surface area contributed by atoms with Gasteiger partial charge in [0.05, 0.1) is 14.9 Å². The molecule has 91 heavy (non-hydrogen) atoms. The first kappa shape index (κ1) is 59.1. The van der Waals surface area contributed by atoms with Crippen LogP contribution >= 0.6 is 46.2 Å². The van der Waals surface area contributed by atoms with E-state index in [1.165, 1.54) is 70.5 Å². The topological polar surface area (TPSA) is 0 Å². The van der Waals surface area contributed by atoms with E-state index in [1.54, 1.807) is 194 Å². The van der Waals surface area contributed by atoms with E-state index < -0.39 is 72.7 Å². The van der Waals surface area contributed by atoms with Crippen LogP contribution in [0.4, 0.5) is 52.7 Å². The van der Waals surface area contributed by atoms with Crippen molar-refractivity contribution in [1.29, 1.82) is 0 Å². The standard InChI is InChI=1S/C38H22F6S2.C37H22F6S2/c39-36(40)31-27-21-29(23-13-5-1-6-14-23)45-33(27)35(25-17-9-3-10-18-25,26-19-11-4-12-20-26)34-28(32(31)37(41,42)38(36,43)44)22-30(46-34)24-15-7-2-8-16-24;38-35(39)31-27-21-29(23-13-5-1-6-14-23)44-33(27,25-17-9-3-10-18-25)34(26-19-11-4-12-20-26)28(32(31)36(40,41)37(35,42)43)22-30(45-34)24-15-7-2-8-16-24/h1-22H;1-22H. The third kappa shape index (κ3) is 8.00. The highest BCUT2D eigenvalue weighted by Gasteiger charge is 2.86. The van der Waals surface area contributed by atoms with Gasteiger partial charge in [0.25, 0.3) is 0 Å². The predicted octanol–water partition coefficient (Wildman–Crippen LogP) is 22.5. The minimum Gasteiger partial charge on any atom is -0.194 e. The lowest BCUT2D eigenvalue weighted by molar-refractivity contribution is -0.258. The molecule has 0 bridgehead atoms. The van der Waals surface area contributed by atoms with E-state index in [9.17, 15) is 0 Å². The Hall–Kier alpha value is -8.28.